The largest absolute Gasteiger partial charge is 0.478 e. The van der Waals surface area contributed by atoms with Gasteiger partial charge >= 0.3 is 5.97 Å². The van der Waals surface area contributed by atoms with Crippen LogP contribution in [-0.4, -0.2) is 21.6 Å². The smallest absolute Gasteiger partial charge is 0.337 e. The quantitative estimate of drug-likeness (QED) is 0.485. The van der Waals surface area contributed by atoms with Gasteiger partial charge in [0.15, 0.2) is 0 Å². The molecule has 0 bridgehead atoms. The fourth-order valence-corrected chi connectivity index (χ4v) is 3.21. The maximum absolute atomic E-state index is 13.8. The van der Waals surface area contributed by atoms with Crippen LogP contribution in [0.4, 0.5) is 10.1 Å². The van der Waals surface area contributed by atoms with Crippen molar-refractivity contribution in [3.63, 3.8) is 0 Å². The zero-order valence-corrected chi connectivity index (χ0v) is 16.3. The number of carboxylic acids is 1. The van der Waals surface area contributed by atoms with Crippen LogP contribution in [0.2, 0.25) is 0 Å². The second-order valence-electron chi connectivity index (χ2n) is 6.59. The highest BCUT2D eigenvalue weighted by molar-refractivity contribution is 6.09. The van der Waals surface area contributed by atoms with E-state index in [0.29, 0.717) is 16.9 Å². The first-order valence-electron chi connectivity index (χ1n) is 9.02. The van der Waals surface area contributed by atoms with E-state index in [4.69, 9.17) is 0 Å². The summed E-state index contributed by atoms with van der Waals surface area (Å²) in [5.41, 5.74) is 2.36. The summed E-state index contributed by atoms with van der Waals surface area (Å²) < 4.78 is 15.5. The molecule has 2 aromatic carbocycles. The highest BCUT2D eigenvalue weighted by Gasteiger charge is 2.18. The Hall–Kier alpha value is -4.18. The zero-order chi connectivity index (χ0) is 21.8. The van der Waals surface area contributed by atoms with E-state index in [2.05, 4.69) is 5.32 Å². The average molecular weight is 403 g/mol. The third-order valence-electron chi connectivity index (χ3n) is 4.63. The van der Waals surface area contributed by atoms with Crippen LogP contribution in [-0.2, 0) is 4.79 Å². The van der Waals surface area contributed by atoms with E-state index in [9.17, 15) is 24.3 Å². The highest BCUT2D eigenvalue weighted by atomic mass is 19.1. The number of para-hydroxylation sites is 2. The predicted molar refractivity (Wildman–Crippen MR) is 111 cm³/mol. The van der Waals surface area contributed by atoms with Crippen LogP contribution in [0.3, 0.4) is 0 Å². The lowest BCUT2D eigenvalue weighted by molar-refractivity contribution is -0.112. The van der Waals surface area contributed by atoms with Gasteiger partial charge in [-0.3, -0.25) is 4.79 Å². The minimum absolute atomic E-state index is 0.0236. The van der Waals surface area contributed by atoms with Crippen LogP contribution in [0.25, 0.3) is 11.8 Å². The lowest BCUT2D eigenvalue weighted by Crippen LogP contribution is -2.14. The number of nitriles is 1. The van der Waals surface area contributed by atoms with Crippen molar-refractivity contribution in [1.29, 1.82) is 5.26 Å². The van der Waals surface area contributed by atoms with Gasteiger partial charge in [-0.05, 0) is 55.8 Å². The molecule has 6 nitrogen and oxygen atoms in total. The number of aromatic carboxylic acids is 1. The number of carbonyl (C=O) groups excluding carboxylic acids is 1. The van der Waals surface area contributed by atoms with E-state index >= 15 is 0 Å². The van der Waals surface area contributed by atoms with Gasteiger partial charge in [0.25, 0.3) is 5.91 Å². The molecule has 0 radical (unpaired) electrons. The van der Waals surface area contributed by atoms with Gasteiger partial charge in [0.05, 0.1) is 16.9 Å². The first-order chi connectivity index (χ1) is 14.3. The lowest BCUT2D eigenvalue weighted by atomic mass is 10.1. The Morgan fingerprint density at radius 1 is 1.13 bits per heavy atom. The standard InChI is InChI=1S/C23H18FN3O3/c1-14-11-16(15(2)27(14)21-10-6-3-7-18(21)23(29)30)12-17(13-25)22(28)26-20-9-5-4-8-19(20)24/h3-12H,1-2H3,(H,26,28)(H,29,30)/b17-12-. The molecule has 7 heteroatoms. The van der Waals surface area contributed by atoms with E-state index in [-0.39, 0.29) is 16.8 Å². The molecule has 2 N–H and O–H groups in total. The van der Waals surface area contributed by atoms with Crippen molar-refractivity contribution < 1.29 is 19.1 Å². The Morgan fingerprint density at radius 2 is 1.80 bits per heavy atom. The average Bonchev–Trinajstić information content (AvgIpc) is 3.00. The molecule has 0 fully saturated rings. The van der Waals surface area contributed by atoms with Gasteiger partial charge in [-0.2, -0.15) is 5.26 Å². The maximum atomic E-state index is 13.8. The number of anilines is 1. The molecule has 1 amide bonds. The molecule has 3 rings (SSSR count). The minimum Gasteiger partial charge on any atom is -0.478 e. The van der Waals surface area contributed by atoms with Gasteiger partial charge in [0.2, 0.25) is 0 Å². The summed E-state index contributed by atoms with van der Waals surface area (Å²) in [6.45, 7) is 3.57. The normalized spacial score (nSPS) is 11.1. The Labute approximate surface area is 172 Å². The van der Waals surface area contributed by atoms with Crippen LogP contribution >= 0.6 is 0 Å². The number of nitrogens with zero attached hydrogens (tertiary/aromatic N) is 2. The molecule has 0 spiro atoms. The van der Waals surface area contributed by atoms with Crippen LogP contribution in [0.5, 0.6) is 0 Å². The van der Waals surface area contributed by atoms with Crippen LogP contribution < -0.4 is 5.32 Å². The fourth-order valence-electron chi connectivity index (χ4n) is 3.21. The maximum Gasteiger partial charge on any atom is 0.337 e. The van der Waals surface area contributed by atoms with E-state index in [0.717, 1.165) is 5.69 Å². The zero-order valence-electron chi connectivity index (χ0n) is 16.3. The summed E-state index contributed by atoms with van der Waals surface area (Å²) in [6.07, 6.45) is 1.40. The molecule has 3 aromatic rings. The Kier molecular flexibility index (Phi) is 5.79. The van der Waals surface area contributed by atoms with E-state index in [1.54, 1.807) is 48.7 Å². The third-order valence-corrected chi connectivity index (χ3v) is 4.63. The van der Waals surface area contributed by atoms with Gasteiger partial charge in [-0.15, -0.1) is 0 Å². The number of carbonyl (C=O) groups is 2. The molecular weight excluding hydrogens is 385 g/mol. The monoisotopic (exact) mass is 403 g/mol. The number of halogens is 1. The molecule has 0 atom stereocenters. The van der Waals surface area contributed by atoms with E-state index in [1.165, 1.54) is 30.3 Å². The molecule has 0 aliphatic carbocycles. The second-order valence-corrected chi connectivity index (χ2v) is 6.59. The summed E-state index contributed by atoms with van der Waals surface area (Å²) >= 11 is 0. The number of nitrogens with one attached hydrogen (secondary N) is 1. The second kappa shape index (κ2) is 8.45. The molecule has 150 valence electrons. The first-order valence-corrected chi connectivity index (χ1v) is 9.02. The molecule has 1 aromatic heterocycles. The number of amides is 1. The topological polar surface area (TPSA) is 95.1 Å². The predicted octanol–water partition coefficient (Wildman–Crippen LogP) is 4.48. The summed E-state index contributed by atoms with van der Waals surface area (Å²) in [5.74, 6) is -2.40. The molecule has 1 heterocycles. The fraction of sp³-hybridized carbons (Fsp3) is 0.0870. The number of hydrogen-bond acceptors (Lipinski definition) is 3. The van der Waals surface area contributed by atoms with Gasteiger partial charge in [0, 0.05) is 11.4 Å². The Bertz CT molecular complexity index is 1220. The third kappa shape index (κ3) is 3.98. The number of carboxylic acid groups (broad SMARTS) is 1. The van der Waals surface area contributed by atoms with Crippen molar-refractivity contribution in [2.75, 3.05) is 5.32 Å². The van der Waals surface area contributed by atoms with Gasteiger partial charge < -0.3 is 15.0 Å². The molecule has 0 saturated carbocycles. The lowest BCUT2D eigenvalue weighted by Gasteiger charge is -2.12. The minimum atomic E-state index is -1.06. The number of benzene rings is 2. The molecule has 0 aliphatic rings. The molecule has 0 saturated heterocycles. The molecule has 0 aliphatic heterocycles. The van der Waals surface area contributed by atoms with Crippen molar-refractivity contribution in [2.45, 2.75) is 13.8 Å². The molecule has 30 heavy (non-hydrogen) atoms. The summed E-state index contributed by atoms with van der Waals surface area (Å²) in [4.78, 5) is 24.1. The summed E-state index contributed by atoms with van der Waals surface area (Å²) in [7, 11) is 0. The van der Waals surface area contributed by atoms with Crippen LogP contribution in [0.15, 0.2) is 60.2 Å². The van der Waals surface area contributed by atoms with Gasteiger partial charge in [-0.25, -0.2) is 9.18 Å². The Morgan fingerprint density at radius 3 is 2.47 bits per heavy atom. The van der Waals surface area contributed by atoms with Crippen molar-refractivity contribution in [2.24, 2.45) is 0 Å². The SMILES string of the molecule is Cc1cc(/C=C(/C#N)C(=O)Nc2ccccc2F)c(C)n1-c1ccccc1C(=O)O. The van der Waals surface area contributed by atoms with Crippen molar-refractivity contribution in [1.82, 2.24) is 4.57 Å². The summed E-state index contributed by atoms with van der Waals surface area (Å²) in [5, 5.41) is 21.3. The van der Waals surface area contributed by atoms with Gasteiger partial charge in [0.1, 0.15) is 17.5 Å². The number of hydrogen-bond donors (Lipinski definition) is 2. The molecule has 0 unspecified atom stereocenters. The first kappa shape index (κ1) is 20.6. The van der Waals surface area contributed by atoms with Gasteiger partial charge in [-0.1, -0.05) is 24.3 Å². The van der Waals surface area contributed by atoms with Crippen molar-refractivity contribution >= 4 is 23.6 Å². The van der Waals surface area contributed by atoms with Crippen LogP contribution in [0.1, 0.15) is 27.3 Å². The van der Waals surface area contributed by atoms with E-state index in [1.807, 2.05) is 6.07 Å². The van der Waals surface area contributed by atoms with E-state index < -0.39 is 17.7 Å². The Balaban J connectivity index is 2.01. The number of aryl methyl sites for hydroxylation is 1. The highest BCUT2D eigenvalue weighted by Crippen LogP contribution is 2.25. The van der Waals surface area contributed by atoms with Crippen molar-refractivity contribution in [3.05, 3.63) is 88.5 Å². The summed E-state index contributed by atoms with van der Waals surface area (Å²) in [6, 6.07) is 15.8. The van der Waals surface area contributed by atoms with Crippen LogP contribution in [0, 0.1) is 31.0 Å². The molecular formula is C23H18FN3O3. The number of aromatic nitrogens is 1. The number of rotatable bonds is 5. The van der Waals surface area contributed by atoms with Crippen molar-refractivity contribution in [3.8, 4) is 11.8 Å².